The Hall–Kier alpha value is -0.120. The van der Waals surface area contributed by atoms with Crippen LogP contribution in [0.2, 0.25) is 0 Å². The number of likely N-dealkylation sites (tertiary alicyclic amines) is 1. The molecule has 3 rings (SSSR count). The Kier molecular flexibility index (Phi) is 3.65. The lowest BCUT2D eigenvalue weighted by molar-refractivity contribution is -0.0447. The topological polar surface area (TPSA) is 49.5 Å². The van der Waals surface area contributed by atoms with E-state index >= 15 is 0 Å². The van der Waals surface area contributed by atoms with Gasteiger partial charge in [-0.05, 0) is 56.9 Å². The maximum Gasteiger partial charge on any atom is 0.0923 e. The first kappa shape index (κ1) is 12.9. The van der Waals surface area contributed by atoms with Gasteiger partial charge in [0, 0.05) is 19.1 Å². The molecule has 1 saturated heterocycles. The molecule has 0 radical (unpaired) electrons. The van der Waals surface area contributed by atoms with E-state index in [1.165, 1.54) is 57.9 Å². The maximum absolute atomic E-state index is 10.7. The Labute approximate surface area is 111 Å². The van der Waals surface area contributed by atoms with Crippen LogP contribution in [0.5, 0.6) is 0 Å². The maximum atomic E-state index is 10.7. The van der Waals surface area contributed by atoms with Crippen molar-refractivity contribution in [1.29, 1.82) is 0 Å². The molecule has 0 bridgehead atoms. The molecule has 3 aliphatic rings. The number of β-amino-alcohol motifs (C(OH)–C–C–N with tert-alkyl or cyclic N) is 1. The zero-order valence-electron chi connectivity index (χ0n) is 11.5. The molecule has 3 fully saturated rings. The van der Waals surface area contributed by atoms with E-state index in [1.54, 1.807) is 0 Å². The van der Waals surface area contributed by atoms with Gasteiger partial charge < -0.3 is 10.8 Å². The Morgan fingerprint density at radius 1 is 1.06 bits per heavy atom. The smallest absolute Gasteiger partial charge is 0.0923 e. The molecular weight excluding hydrogens is 224 g/mol. The standard InChI is InChI=1S/C15H28N2O/c16-10-15(18,13-7-8-13)11-17-9-3-5-12-4-1-2-6-14(12)17/h12-14,18H,1-11,16H2/t12-,14-,15?/m1/s1. The van der Waals surface area contributed by atoms with Crippen molar-refractivity contribution in [2.75, 3.05) is 19.6 Å². The quantitative estimate of drug-likeness (QED) is 0.801. The van der Waals surface area contributed by atoms with Gasteiger partial charge in [0.25, 0.3) is 0 Å². The van der Waals surface area contributed by atoms with E-state index in [0.717, 1.165) is 18.5 Å². The van der Waals surface area contributed by atoms with E-state index in [2.05, 4.69) is 4.90 Å². The largest absolute Gasteiger partial charge is 0.387 e. The molecular formula is C15H28N2O. The minimum atomic E-state index is -0.598. The van der Waals surface area contributed by atoms with Crippen LogP contribution in [0.25, 0.3) is 0 Å². The van der Waals surface area contributed by atoms with Crippen LogP contribution in [-0.4, -0.2) is 41.3 Å². The van der Waals surface area contributed by atoms with Gasteiger partial charge in [-0.25, -0.2) is 0 Å². The van der Waals surface area contributed by atoms with Crippen molar-refractivity contribution < 1.29 is 5.11 Å². The molecule has 104 valence electrons. The Morgan fingerprint density at radius 3 is 2.50 bits per heavy atom. The van der Waals surface area contributed by atoms with Gasteiger partial charge in [-0.1, -0.05) is 12.8 Å². The van der Waals surface area contributed by atoms with Gasteiger partial charge in [0.15, 0.2) is 0 Å². The molecule has 1 aliphatic heterocycles. The summed E-state index contributed by atoms with van der Waals surface area (Å²) in [6, 6.07) is 0.740. The van der Waals surface area contributed by atoms with E-state index in [1.807, 2.05) is 0 Å². The number of piperidine rings is 1. The molecule has 3 atom stereocenters. The summed E-state index contributed by atoms with van der Waals surface area (Å²) < 4.78 is 0. The number of aliphatic hydroxyl groups is 1. The third kappa shape index (κ3) is 2.45. The molecule has 0 amide bonds. The third-order valence-electron chi connectivity index (χ3n) is 5.53. The summed E-state index contributed by atoms with van der Waals surface area (Å²) in [6.45, 7) is 2.44. The predicted molar refractivity (Wildman–Crippen MR) is 73.3 cm³/mol. The minimum absolute atomic E-state index is 0.436. The van der Waals surface area contributed by atoms with Gasteiger partial charge in [0.05, 0.1) is 5.60 Å². The lowest BCUT2D eigenvalue weighted by Gasteiger charge is -2.47. The molecule has 3 N–H and O–H groups in total. The molecule has 0 aromatic carbocycles. The fourth-order valence-corrected chi connectivity index (χ4v) is 4.26. The first-order valence-electron chi connectivity index (χ1n) is 7.89. The highest BCUT2D eigenvalue weighted by molar-refractivity contribution is 5.00. The second kappa shape index (κ2) is 5.10. The van der Waals surface area contributed by atoms with Crippen LogP contribution in [0, 0.1) is 11.8 Å². The van der Waals surface area contributed by atoms with Crippen LogP contribution in [0.4, 0.5) is 0 Å². The van der Waals surface area contributed by atoms with Crippen molar-refractivity contribution in [2.45, 2.75) is 63.0 Å². The fraction of sp³-hybridized carbons (Fsp3) is 1.00. The Balaban J connectivity index is 1.66. The molecule has 3 nitrogen and oxygen atoms in total. The van der Waals surface area contributed by atoms with Crippen LogP contribution in [0.15, 0.2) is 0 Å². The normalized spacial score (nSPS) is 37.0. The summed E-state index contributed by atoms with van der Waals surface area (Å²) in [7, 11) is 0. The van der Waals surface area contributed by atoms with E-state index in [9.17, 15) is 5.11 Å². The summed E-state index contributed by atoms with van der Waals surface area (Å²) >= 11 is 0. The van der Waals surface area contributed by atoms with E-state index in [-0.39, 0.29) is 0 Å². The Bertz CT molecular complexity index is 290. The number of rotatable bonds is 4. The van der Waals surface area contributed by atoms with Crippen molar-refractivity contribution in [1.82, 2.24) is 4.90 Å². The fourth-order valence-electron chi connectivity index (χ4n) is 4.26. The average molecular weight is 252 g/mol. The van der Waals surface area contributed by atoms with Gasteiger partial charge in [-0.3, -0.25) is 4.90 Å². The van der Waals surface area contributed by atoms with E-state index in [0.29, 0.717) is 12.5 Å². The summed E-state index contributed by atoms with van der Waals surface area (Å²) in [5, 5.41) is 10.7. The second-order valence-electron chi connectivity index (χ2n) is 6.81. The lowest BCUT2D eigenvalue weighted by atomic mass is 9.77. The molecule has 1 unspecified atom stereocenters. The highest BCUT2D eigenvalue weighted by Crippen LogP contribution is 2.42. The number of hydrogen-bond donors (Lipinski definition) is 2. The van der Waals surface area contributed by atoms with Crippen molar-refractivity contribution in [3.63, 3.8) is 0 Å². The number of fused-ring (bicyclic) bond motifs is 1. The monoisotopic (exact) mass is 252 g/mol. The molecule has 1 heterocycles. The van der Waals surface area contributed by atoms with Crippen LogP contribution in [-0.2, 0) is 0 Å². The Morgan fingerprint density at radius 2 is 1.78 bits per heavy atom. The van der Waals surface area contributed by atoms with Crippen LogP contribution in [0.3, 0.4) is 0 Å². The van der Waals surface area contributed by atoms with Gasteiger partial charge in [-0.2, -0.15) is 0 Å². The summed E-state index contributed by atoms with van der Waals surface area (Å²) in [5.41, 5.74) is 5.26. The molecule has 0 aromatic rings. The third-order valence-corrected chi connectivity index (χ3v) is 5.53. The minimum Gasteiger partial charge on any atom is -0.387 e. The predicted octanol–water partition coefficient (Wildman–Crippen LogP) is 1.74. The molecule has 3 heteroatoms. The SMILES string of the molecule is NCC(O)(CN1CCC[C@H]2CCCC[C@H]21)C1CC1. The molecule has 2 aliphatic carbocycles. The first-order valence-corrected chi connectivity index (χ1v) is 7.89. The number of nitrogens with two attached hydrogens (primary N) is 1. The van der Waals surface area contributed by atoms with E-state index in [4.69, 9.17) is 5.73 Å². The van der Waals surface area contributed by atoms with Crippen LogP contribution >= 0.6 is 0 Å². The van der Waals surface area contributed by atoms with Gasteiger partial charge in [0.2, 0.25) is 0 Å². The molecule has 2 saturated carbocycles. The van der Waals surface area contributed by atoms with Gasteiger partial charge in [-0.15, -0.1) is 0 Å². The van der Waals surface area contributed by atoms with Crippen molar-refractivity contribution in [2.24, 2.45) is 17.6 Å². The zero-order valence-corrected chi connectivity index (χ0v) is 11.5. The molecule has 0 aromatic heterocycles. The number of hydrogen-bond acceptors (Lipinski definition) is 3. The van der Waals surface area contributed by atoms with Gasteiger partial charge in [0.1, 0.15) is 0 Å². The van der Waals surface area contributed by atoms with Crippen molar-refractivity contribution >= 4 is 0 Å². The van der Waals surface area contributed by atoms with Crippen molar-refractivity contribution in [3.8, 4) is 0 Å². The highest BCUT2D eigenvalue weighted by Gasteiger charge is 2.45. The lowest BCUT2D eigenvalue weighted by Crippen LogP contribution is -2.56. The highest BCUT2D eigenvalue weighted by atomic mass is 16.3. The summed E-state index contributed by atoms with van der Waals surface area (Å²) in [4.78, 5) is 2.58. The summed E-state index contributed by atoms with van der Waals surface area (Å²) in [5.74, 6) is 1.38. The van der Waals surface area contributed by atoms with E-state index < -0.39 is 5.60 Å². The zero-order chi connectivity index (χ0) is 12.6. The summed E-state index contributed by atoms with van der Waals surface area (Å²) in [6.07, 6.45) is 10.6. The first-order chi connectivity index (χ1) is 8.73. The number of nitrogens with zero attached hydrogens (tertiary/aromatic N) is 1. The van der Waals surface area contributed by atoms with Crippen LogP contribution < -0.4 is 5.73 Å². The molecule has 0 spiro atoms. The van der Waals surface area contributed by atoms with Crippen LogP contribution in [0.1, 0.15) is 51.4 Å². The van der Waals surface area contributed by atoms with Crippen molar-refractivity contribution in [3.05, 3.63) is 0 Å². The average Bonchev–Trinajstić information content (AvgIpc) is 3.24. The van der Waals surface area contributed by atoms with Gasteiger partial charge >= 0.3 is 0 Å². The molecule has 18 heavy (non-hydrogen) atoms. The second-order valence-corrected chi connectivity index (χ2v) is 6.81.